The summed E-state index contributed by atoms with van der Waals surface area (Å²) in [6.45, 7) is 4.39. The van der Waals surface area contributed by atoms with E-state index in [9.17, 15) is 9.59 Å². The van der Waals surface area contributed by atoms with Crippen molar-refractivity contribution in [2.75, 3.05) is 7.05 Å². The first-order valence-electron chi connectivity index (χ1n) is 9.02. The van der Waals surface area contributed by atoms with Gasteiger partial charge in [-0.1, -0.05) is 32.0 Å². The lowest BCUT2D eigenvalue weighted by atomic mass is 10.0. The monoisotopic (exact) mass is 377 g/mol. The highest BCUT2D eigenvalue weighted by Crippen LogP contribution is 2.23. The van der Waals surface area contributed by atoms with Crippen LogP contribution in [0.1, 0.15) is 51.7 Å². The number of carbonyl (C=O) groups excluding carboxylic acids is 2. The van der Waals surface area contributed by atoms with E-state index in [0.29, 0.717) is 23.5 Å². The number of hydrogen-bond acceptors (Lipinski definition) is 4. The molecule has 0 fully saturated rings. The SMILES string of the molecule is CC(C)c1c(C(=O)N(C)Cc2cccc(C(N)=O)c2)cnn1-c1ccccn1. The van der Waals surface area contributed by atoms with Crippen molar-refractivity contribution in [3.63, 3.8) is 0 Å². The van der Waals surface area contributed by atoms with Crippen LogP contribution in [0.4, 0.5) is 0 Å². The molecule has 2 heterocycles. The van der Waals surface area contributed by atoms with Crippen LogP contribution >= 0.6 is 0 Å². The third-order valence-corrected chi connectivity index (χ3v) is 4.43. The number of nitrogens with zero attached hydrogens (tertiary/aromatic N) is 4. The zero-order valence-corrected chi connectivity index (χ0v) is 16.2. The molecule has 0 atom stereocenters. The van der Waals surface area contributed by atoms with Crippen molar-refractivity contribution in [3.05, 3.63) is 77.2 Å². The maximum Gasteiger partial charge on any atom is 0.257 e. The van der Waals surface area contributed by atoms with E-state index >= 15 is 0 Å². The Bertz CT molecular complexity index is 995. The third-order valence-electron chi connectivity index (χ3n) is 4.43. The molecule has 0 spiro atoms. The number of amides is 2. The summed E-state index contributed by atoms with van der Waals surface area (Å²) in [5, 5.41) is 4.40. The van der Waals surface area contributed by atoms with E-state index in [2.05, 4.69) is 10.1 Å². The number of pyridine rings is 1. The Kier molecular flexibility index (Phi) is 5.54. The quantitative estimate of drug-likeness (QED) is 0.715. The van der Waals surface area contributed by atoms with Gasteiger partial charge in [-0.3, -0.25) is 9.59 Å². The van der Waals surface area contributed by atoms with E-state index in [4.69, 9.17) is 5.73 Å². The number of hydrogen-bond donors (Lipinski definition) is 1. The summed E-state index contributed by atoms with van der Waals surface area (Å²) >= 11 is 0. The molecular weight excluding hydrogens is 354 g/mol. The minimum atomic E-state index is -0.491. The topological polar surface area (TPSA) is 94.1 Å². The minimum absolute atomic E-state index is 0.0787. The Labute approximate surface area is 163 Å². The molecule has 3 aromatic rings. The van der Waals surface area contributed by atoms with Crippen molar-refractivity contribution in [2.45, 2.75) is 26.3 Å². The normalized spacial score (nSPS) is 10.9. The van der Waals surface area contributed by atoms with Crippen LogP contribution in [0.3, 0.4) is 0 Å². The standard InChI is InChI=1S/C21H23N5O2/c1-14(2)19-17(12-24-26(19)18-9-4-5-10-23-18)21(28)25(3)13-15-7-6-8-16(11-15)20(22)27/h4-12,14H,13H2,1-3H3,(H2,22,27). The average Bonchev–Trinajstić information content (AvgIpc) is 3.13. The number of nitrogens with two attached hydrogens (primary N) is 1. The van der Waals surface area contributed by atoms with Gasteiger partial charge in [0, 0.05) is 25.4 Å². The fourth-order valence-corrected chi connectivity index (χ4v) is 3.11. The molecule has 0 bridgehead atoms. The summed E-state index contributed by atoms with van der Waals surface area (Å²) in [6.07, 6.45) is 3.28. The average molecular weight is 377 g/mol. The molecule has 0 aliphatic rings. The van der Waals surface area contributed by atoms with Gasteiger partial charge in [-0.05, 0) is 35.7 Å². The first kappa shape index (κ1) is 19.3. The highest BCUT2D eigenvalue weighted by atomic mass is 16.2. The van der Waals surface area contributed by atoms with Crippen molar-refractivity contribution in [1.82, 2.24) is 19.7 Å². The number of rotatable bonds is 6. The maximum atomic E-state index is 13.1. The predicted molar refractivity (Wildman–Crippen MR) is 106 cm³/mol. The lowest BCUT2D eigenvalue weighted by Crippen LogP contribution is -2.27. The smallest absolute Gasteiger partial charge is 0.257 e. The molecule has 0 aliphatic carbocycles. The molecule has 2 aromatic heterocycles. The van der Waals surface area contributed by atoms with E-state index in [1.807, 2.05) is 38.1 Å². The van der Waals surface area contributed by atoms with Gasteiger partial charge < -0.3 is 10.6 Å². The van der Waals surface area contributed by atoms with Crippen LogP contribution in [0.5, 0.6) is 0 Å². The molecule has 28 heavy (non-hydrogen) atoms. The Morgan fingerprint density at radius 2 is 1.96 bits per heavy atom. The van der Waals surface area contributed by atoms with Gasteiger partial charge in [-0.25, -0.2) is 9.67 Å². The maximum absolute atomic E-state index is 13.1. The molecule has 0 saturated heterocycles. The van der Waals surface area contributed by atoms with Crippen molar-refractivity contribution in [3.8, 4) is 5.82 Å². The summed E-state index contributed by atoms with van der Waals surface area (Å²) in [6, 6.07) is 12.5. The Hall–Kier alpha value is -3.48. The van der Waals surface area contributed by atoms with Gasteiger partial charge in [0.05, 0.1) is 17.5 Å². The molecule has 7 nitrogen and oxygen atoms in total. The van der Waals surface area contributed by atoms with Crippen LogP contribution < -0.4 is 5.73 Å². The second-order valence-corrected chi connectivity index (χ2v) is 6.92. The molecular formula is C21H23N5O2. The number of benzene rings is 1. The lowest BCUT2D eigenvalue weighted by Gasteiger charge is -2.19. The highest BCUT2D eigenvalue weighted by molar-refractivity contribution is 5.95. The van der Waals surface area contributed by atoms with Gasteiger partial charge >= 0.3 is 0 Å². The van der Waals surface area contributed by atoms with E-state index in [-0.39, 0.29) is 11.8 Å². The predicted octanol–water partition coefficient (Wildman–Crippen LogP) is 2.76. The van der Waals surface area contributed by atoms with E-state index in [1.54, 1.807) is 47.2 Å². The Balaban J connectivity index is 1.89. The fourth-order valence-electron chi connectivity index (χ4n) is 3.11. The second-order valence-electron chi connectivity index (χ2n) is 6.92. The first-order chi connectivity index (χ1) is 13.4. The number of carbonyl (C=O) groups is 2. The van der Waals surface area contributed by atoms with Gasteiger partial charge in [-0.15, -0.1) is 0 Å². The van der Waals surface area contributed by atoms with Crippen molar-refractivity contribution in [1.29, 1.82) is 0 Å². The summed E-state index contributed by atoms with van der Waals surface area (Å²) in [7, 11) is 1.72. The summed E-state index contributed by atoms with van der Waals surface area (Å²) in [5.41, 5.74) is 7.93. The summed E-state index contributed by atoms with van der Waals surface area (Å²) in [5.74, 6) is 0.113. The molecule has 7 heteroatoms. The molecule has 0 aliphatic heterocycles. The molecule has 0 saturated carbocycles. The molecule has 144 valence electrons. The van der Waals surface area contributed by atoms with Gasteiger partial charge in [0.15, 0.2) is 5.82 Å². The van der Waals surface area contributed by atoms with Gasteiger partial charge in [0.2, 0.25) is 5.91 Å². The second kappa shape index (κ2) is 8.04. The van der Waals surface area contributed by atoms with Crippen LogP contribution in [0, 0.1) is 0 Å². The largest absolute Gasteiger partial charge is 0.366 e. The van der Waals surface area contributed by atoms with E-state index < -0.39 is 5.91 Å². The fraction of sp³-hybridized carbons (Fsp3) is 0.238. The molecule has 2 N–H and O–H groups in total. The molecule has 2 amide bonds. The van der Waals surface area contributed by atoms with Gasteiger partial charge in [-0.2, -0.15) is 5.10 Å². The lowest BCUT2D eigenvalue weighted by molar-refractivity contribution is 0.0783. The number of primary amides is 1. The highest BCUT2D eigenvalue weighted by Gasteiger charge is 2.23. The van der Waals surface area contributed by atoms with Crippen LogP contribution in [0.25, 0.3) is 5.82 Å². The molecule has 1 aromatic carbocycles. The van der Waals surface area contributed by atoms with Gasteiger partial charge in [0.25, 0.3) is 5.91 Å². The zero-order valence-electron chi connectivity index (χ0n) is 16.2. The molecule has 3 rings (SSSR count). The third kappa shape index (κ3) is 3.93. The first-order valence-corrected chi connectivity index (χ1v) is 9.02. The minimum Gasteiger partial charge on any atom is -0.366 e. The summed E-state index contributed by atoms with van der Waals surface area (Å²) < 4.78 is 1.71. The van der Waals surface area contributed by atoms with Crippen LogP contribution in [0.15, 0.2) is 54.9 Å². The van der Waals surface area contributed by atoms with Crippen molar-refractivity contribution >= 4 is 11.8 Å². The zero-order chi connectivity index (χ0) is 20.3. The van der Waals surface area contributed by atoms with Crippen molar-refractivity contribution < 1.29 is 9.59 Å². The van der Waals surface area contributed by atoms with Crippen LogP contribution in [-0.2, 0) is 6.54 Å². The van der Waals surface area contributed by atoms with Crippen LogP contribution in [0.2, 0.25) is 0 Å². The van der Waals surface area contributed by atoms with E-state index in [1.165, 1.54) is 0 Å². The Morgan fingerprint density at radius 3 is 2.61 bits per heavy atom. The number of aromatic nitrogens is 3. The summed E-state index contributed by atoms with van der Waals surface area (Å²) in [4.78, 5) is 30.4. The van der Waals surface area contributed by atoms with Crippen LogP contribution in [-0.4, -0.2) is 38.5 Å². The molecule has 0 radical (unpaired) electrons. The molecule has 0 unspecified atom stereocenters. The van der Waals surface area contributed by atoms with E-state index in [0.717, 1.165) is 11.3 Å². The van der Waals surface area contributed by atoms with Crippen molar-refractivity contribution in [2.24, 2.45) is 5.73 Å². The Morgan fingerprint density at radius 1 is 1.18 bits per heavy atom. The van der Waals surface area contributed by atoms with Gasteiger partial charge in [0.1, 0.15) is 0 Å².